The number of anilines is 1. The van der Waals surface area contributed by atoms with Crippen molar-refractivity contribution in [3.8, 4) is 0 Å². The Morgan fingerprint density at radius 1 is 0.947 bits per heavy atom. The summed E-state index contributed by atoms with van der Waals surface area (Å²) in [6.07, 6.45) is 3.42. The molecule has 0 spiro atoms. The zero-order chi connectivity index (χ0) is 26.6. The smallest absolute Gasteiger partial charge is 0.325 e. The Morgan fingerprint density at radius 3 is 2.39 bits per heavy atom. The standard InChI is InChI=1S/C28H28N4O5S/c1-2-37-26(34)19-31-17-20(22-10-6-7-11-23(22)31)16-24-27(35)32(28(36)38-24)18-25(33)30-14-12-29(13-15-30)21-8-4-3-5-9-21/h3-11,16-17H,2,12-15,18-19H2,1H3/b24-16+. The minimum absolute atomic E-state index is 0.0374. The number of fused-ring (bicyclic) bond motifs is 1. The van der Waals surface area contributed by atoms with E-state index in [0.717, 1.165) is 33.3 Å². The molecule has 0 atom stereocenters. The van der Waals surface area contributed by atoms with Crippen LogP contribution in [0.3, 0.4) is 0 Å². The van der Waals surface area contributed by atoms with Gasteiger partial charge in [-0.1, -0.05) is 36.4 Å². The van der Waals surface area contributed by atoms with Crippen molar-refractivity contribution in [2.24, 2.45) is 0 Å². The van der Waals surface area contributed by atoms with Crippen LogP contribution in [0.4, 0.5) is 10.5 Å². The number of thioether (sulfide) groups is 1. The first-order valence-corrected chi connectivity index (χ1v) is 13.3. The molecule has 38 heavy (non-hydrogen) atoms. The molecule has 2 aromatic carbocycles. The van der Waals surface area contributed by atoms with Crippen LogP contribution in [0.1, 0.15) is 12.5 Å². The predicted octanol–water partition coefficient (Wildman–Crippen LogP) is 3.59. The number of nitrogens with zero attached hydrogens (tertiary/aromatic N) is 4. The molecule has 10 heteroatoms. The Kier molecular flexibility index (Phi) is 7.50. The second-order valence-electron chi connectivity index (χ2n) is 9.01. The summed E-state index contributed by atoms with van der Waals surface area (Å²) in [7, 11) is 0. The summed E-state index contributed by atoms with van der Waals surface area (Å²) in [5.41, 5.74) is 2.63. The van der Waals surface area contributed by atoms with E-state index < -0.39 is 11.1 Å². The SMILES string of the molecule is CCOC(=O)Cn1cc(/C=C2/SC(=O)N(CC(=O)N3CCN(c4ccccc4)CC3)C2=O)c2ccccc21. The van der Waals surface area contributed by atoms with E-state index >= 15 is 0 Å². The second kappa shape index (κ2) is 11.1. The Balaban J connectivity index is 1.27. The van der Waals surface area contributed by atoms with Crippen LogP contribution >= 0.6 is 11.8 Å². The van der Waals surface area contributed by atoms with Gasteiger partial charge in [0.05, 0.1) is 11.5 Å². The van der Waals surface area contributed by atoms with E-state index in [0.29, 0.717) is 38.3 Å². The third-order valence-electron chi connectivity index (χ3n) is 6.63. The molecule has 0 radical (unpaired) electrons. The molecular weight excluding hydrogens is 504 g/mol. The van der Waals surface area contributed by atoms with Crippen LogP contribution in [-0.2, 0) is 25.7 Å². The van der Waals surface area contributed by atoms with Gasteiger partial charge in [0.25, 0.3) is 11.1 Å². The Labute approximate surface area is 224 Å². The highest BCUT2D eigenvalue weighted by Crippen LogP contribution is 2.34. The zero-order valence-corrected chi connectivity index (χ0v) is 21.9. The first kappa shape index (κ1) is 25.6. The van der Waals surface area contributed by atoms with Gasteiger partial charge < -0.3 is 19.1 Å². The maximum atomic E-state index is 13.1. The summed E-state index contributed by atoms with van der Waals surface area (Å²) in [5.74, 6) is -1.09. The van der Waals surface area contributed by atoms with E-state index in [9.17, 15) is 19.2 Å². The molecule has 5 rings (SSSR count). The second-order valence-corrected chi connectivity index (χ2v) is 10.00. The van der Waals surface area contributed by atoms with E-state index in [1.807, 2.05) is 54.6 Å². The van der Waals surface area contributed by atoms with E-state index in [4.69, 9.17) is 4.74 Å². The fourth-order valence-corrected chi connectivity index (χ4v) is 5.56. The van der Waals surface area contributed by atoms with Crippen molar-refractivity contribution in [3.63, 3.8) is 0 Å². The van der Waals surface area contributed by atoms with Crippen molar-refractivity contribution in [1.29, 1.82) is 0 Å². The topological polar surface area (TPSA) is 92.2 Å². The third kappa shape index (κ3) is 5.31. The predicted molar refractivity (Wildman–Crippen MR) is 146 cm³/mol. The largest absolute Gasteiger partial charge is 0.465 e. The van der Waals surface area contributed by atoms with E-state index in [1.165, 1.54) is 0 Å². The lowest BCUT2D eigenvalue weighted by atomic mass is 10.1. The number of hydrogen-bond donors (Lipinski definition) is 0. The molecule has 0 aliphatic carbocycles. The molecule has 2 saturated heterocycles. The number of amides is 3. The summed E-state index contributed by atoms with van der Waals surface area (Å²) in [6, 6.07) is 17.5. The molecule has 3 amide bonds. The molecule has 2 fully saturated rings. The normalized spacial score (nSPS) is 17.1. The fraction of sp³-hybridized carbons (Fsp3) is 0.286. The maximum Gasteiger partial charge on any atom is 0.325 e. The molecule has 3 heterocycles. The number of esters is 1. The van der Waals surface area contributed by atoms with Crippen molar-refractivity contribution >= 4 is 57.5 Å². The van der Waals surface area contributed by atoms with Crippen LogP contribution in [0, 0.1) is 0 Å². The van der Waals surface area contributed by atoms with Crippen molar-refractivity contribution in [2.45, 2.75) is 13.5 Å². The average molecular weight is 533 g/mol. The highest BCUT2D eigenvalue weighted by molar-refractivity contribution is 8.18. The summed E-state index contributed by atoms with van der Waals surface area (Å²) >= 11 is 0.821. The minimum atomic E-state index is -0.488. The van der Waals surface area contributed by atoms with Gasteiger partial charge in [-0.3, -0.25) is 24.1 Å². The van der Waals surface area contributed by atoms with Gasteiger partial charge in [0, 0.05) is 54.5 Å². The lowest BCUT2D eigenvalue weighted by Gasteiger charge is -2.36. The van der Waals surface area contributed by atoms with Gasteiger partial charge >= 0.3 is 5.97 Å². The fourth-order valence-electron chi connectivity index (χ4n) is 4.73. The van der Waals surface area contributed by atoms with Gasteiger partial charge in [0.2, 0.25) is 5.91 Å². The molecule has 196 valence electrons. The van der Waals surface area contributed by atoms with Gasteiger partial charge in [-0.15, -0.1) is 0 Å². The van der Waals surface area contributed by atoms with Crippen molar-refractivity contribution in [2.75, 3.05) is 44.2 Å². The summed E-state index contributed by atoms with van der Waals surface area (Å²) in [6.45, 7) is 4.23. The first-order valence-electron chi connectivity index (χ1n) is 12.5. The molecule has 2 aliphatic rings. The number of rotatable bonds is 7. The minimum Gasteiger partial charge on any atom is -0.465 e. The highest BCUT2D eigenvalue weighted by atomic mass is 32.2. The van der Waals surface area contributed by atoms with Crippen LogP contribution in [0.25, 0.3) is 17.0 Å². The monoisotopic (exact) mass is 532 g/mol. The van der Waals surface area contributed by atoms with Gasteiger partial charge in [-0.05, 0) is 43.0 Å². The van der Waals surface area contributed by atoms with Crippen molar-refractivity contribution in [3.05, 3.63) is 71.3 Å². The van der Waals surface area contributed by atoms with Gasteiger partial charge in [-0.2, -0.15) is 0 Å². The molecular formula is C28H28N4O5S. The average Bonchev–Trinajstić information content (AvgIpc) is 3.41. The Bertz CT molecular complexity index is 1410. The summed E-state index contributed by atoms with van der Waals surface area (Å²) in [4.78, 5) is 56.1. The van der Waals surface area contributed by atoms with E-state index in [2.05, 4.69) is 4.90 Å². The summed E-state index contributed by atoms with van der Waals surface area (Å²) < 4.78 is 6.84. The molecule has 0 saturated carbocycles. The molecule has 0 bridgehead atoms. The summed E-state index contributed by atoms with van der Waals surface area (Å²) in [5, 5.41) is 0.378. The maximum absolute atomic E-state index is 13.1. The van der Waals surface area contributed by atoms with Crippen LogP contribution in [0.2, 0.25) is 0 Å². The number of benzene rings is 2. The van der Waals surface area contributed by atoms with Gasteiger partial charge in [0.15, 0.2) is 0 Å². The van der Waals surface area contributed by atoms with E-state index in [1.54, 1.807) is 28.7 Å². The van der Waals surface area contributed by atoms with Crippen molar-refractivity contribution < 1.29 is 23.9 Å². The van der Waals surface area contributed by atoms with E-state index in [-0.39, 0.29) is 29.9 Å². The number of piperazine rings is 1. The Hall–Kier alpha value is -4.05. The van der Waals surface area contributed by atoms with Crippen LogP contribution in [0.15, 0.2) is 65.7 Å². The zero-order valence-electron chi connectivity index (χ0n) is 21.0. The molecule has 0 N–H and O–H groups in total. The molecule has 2 aliphatic heterocycles. The molecule has 9 nitrogen and oxygen atoms in total. The number of aromatic nitrogens is 1. The van der Waals surface area contributed by atoms with Gasteiger partial charge in [-0.25, -0.2) is 0 Å². The number of carbonyl (C=O) groups excluding carboxylic acids is 4. The van der Waals surface area contributed by atoms with Crippen LogP contribution in [-0.4, -0.2) is 76.7 Å². The number of hydrogen-bond acceptors (Lipinski definition) is 7. The lowest BCUT2D eigenvalue weighted by molar-refractivity contribution is -0.143. The quantitative estimate of drug-likeness (QED) is 0.339. The molecule has 1 aromatic heterocycles. The third-order valence-corrected chi connectivity index (χ3v) is 7.54. The van der Waals surface area contributed by atoms with Gasteiger partial charge in [0.1, 0.15) is 13.1 Å². The number of carbonyl (C=O) groups is 4. The first-order chi connectivity index (χ1) is 18.4. The number of ether oxygens (including phenoxy) is 1. The van der Waals surface area contributed by atoms with Crippen molar-refractivity contribution in [1.82, 2.24) is 14.4 Å². The van der Waals surface area contributed by atoms with Crippen LogP contribution < -0.4 is 4.90 Å². The number of para-hydroxylation sites is 2. The lowest BCUT2D eigenvalue weighted by Crippen LogP contribution is -2.51. The highest BCUT2D eigenvalue weighted by Gasteiger charge is 2.37. The molecule has 3 aromatic rings. The molecule has 0 unspecified atom stereocenters. The Morgan fingerprint density at radius 2 is 1.66 bits per heavy atom. The number of imide groups is 1. The van der Waals surface area contributed by atoms with Crippen LogP contribution in [0.5, 0.6) is 0 Å².